The Hall–Kier alpha value is -3.95. The summed E-state index contributed by atoms with van der Waals surface area (Å²) in [6.07, 6.45) is 0.0374. The smallest absolute Gasteiger partial charge is 0.254 e. The number of carbonyl (C=O) groups is 2. The van der Waals surface area contributed by atoms with Crippen LogP contribution < -0.4 is 5.32 Å². The van der Waals surface area contributed by atoms with Crippen molar-refractivity contribution in [3.63, 3.8) is 0 Å². The molecule has 0 aromatic heterocycles. The van der Waals surface area contributed by atoms with Gasteiger partial charge in [0.05, 0.1) is 23.8 Å². The molecule has 3 aromatic rings. The zero-order valence-corrected chi connectivity index (χ0v) is 19.3. The summed E-state index contributed by atoms with van der Waals surface area (Å²) in [4.78, 5) is 27.7. The molecule has 0 saturated carbocycles. The minimum Gasteiger partial charge on any atom is -0.372 e. The fraction of sp³-hybridized carbons (Fsp3) is 0.250. The van der Waals surface area contributed by atoms with Crippen molar-refractivity contribution < 1.29 is 14.3 Å². The van der Waals surface area contributed by atoms with E-state index >= 15 is 0 Å². The zero-order valence-electron chi connectivity index (χ0n) is 19.3. The summed E-state index contributed by atoms with van der Waals surface area (Å²) < 4.78 is 5.71. The zero-order chi connectivity index (χ0) is 24.1. The van der Waals surface area contributed by atoms with Gasteiger partial charge >= 0.3 is 0 Å². The number of ether oxygens (including phenoxy) is 1. The average molecular weight is 454 g/mol. The number of nitrogens with one attached hydrogen (secondary N) is 1. The molecule has 1 aliphatic heterocycles. The van der Waals surface area contributed by atoms with Crippen LogP contribution in [0.15, 0.2) is 72.8 Å². The molecule has 1 fully saturated rings. The summed E-state index contributed by atoms with van der Waals surface area (Å²) >= 11 is 0. The number of hydrogen-bond acceptors (Lipinski definition) is 4. The van der Waals surface area contributed by atoms with Crippen LogP contribution in [0, 0.1) is 11.3 Å². The van der Waals surface area contributed by atoms with E-state index in [1.54, 1.807) is 36.4 Å². The van der Waals surface area contributed by atoms with E-state index in [0.29, 0.717) is 41.9 Å². The summed E-state index contributed by atoms with van der Waals surface area (Å²) in [6.45, 7) is 5.43. The number of hydrogen-bond donors (Lipinski definition) is 1. The highest BCUT2D eigenvalue weighted by molar-refractivity contribution is 6.01. The van der Waals surface area contributed by atoms with E-state index in [2.05, 4.69) is 11.4 Å². The molecule has 0 aliphatic carbocycles. The Labute approximate surface area is 199 Å². The van der Waals surface area contributed by atoms with E-state index in [4.69, 9.17) is 4.74 Å². The number of rotatable bonds is 5. The molecule has 34 heavy (non-hydrogen) atoms. The molecule has 1 aliphatic rings. The maximum Gasteiger partial charge on any atom is 0.254 e. The minimum atomic E-state index is -0.222. The summed E-state index contributed by atoms with van der Waals surface area (Å²) in [7, 11) is 0. The first kappa shape index (κ1) is 23.2. The van der Waals surface area contributed by atoms with Crippen molar-refractivity contribution >= 4 is 11.8 Å². The van der Waals surface area contributed by atoms with Crippen molar-refractivity contribution in [2.45, 2.75) is 32.6 Å². The number of nitrogens with zero attached hydrogens (tertiary/aromatic N) is 2. The van der Waals surface area contributed by atoms with Crippen molar-refractivity contribution in [1.29, 1.82) is 5.26 Å². The monoisotopic (exact) mass is 453 g/mol. The van der Waals surface area contributed by atoms with Crippen molar-refractivity contribution in [2.24, 2.45) is 0 Å². The molecule has 1 N–H and O–H groups in total. The van der Waals surface area contributed by atoms with E-state index < -0.39 is 0 Å². The van der Waals surface area contributed by atoms with Crippen LogP contribution in [0.5, 0.6) is 0 Å². The maximum atomic E-state index is 13.0. The maximum absolute atomic E-state index is 13.0. The van der Waals surface area contributed by atoms with Gasteiger partial charge in [-0.05, 0) is 49.2 Å². The normalized spacial score (nSPS) is 17.6. The Morgan fingerprint density at radius 2 is 1.56 bits per heavy atom. The lowest BCUT2D eigenvalue weighted by Gasteiger charge is -2.35. The summed E-state index contributed by atoms with van der Waals surface area (Å²) in [5.74, 6) is -0.234. The second kappa shape index (κ2) is 10.3. The molecule has 1 heterocycles. The third-order valence-corrected chi connectivity index (χ3v) is 5.87. The lowest BCUT2D eigenvalue weighted by molar-refractivity contribution is -0.0586. The third kappa shape index (κ3) is 5.16. The number of carbonyl (C=O) groups excluding carboxylic acids is 2. The Morgan fingerprint density at radius 1 is 0.941 bits per heavy atom. The Kier molecular flexibility index (Phi) is 7.05. The molecule has 1 saturated heterocycles. The highest BCUT2D eigenvalue weighted by Crippen LogP contribution is 2.27. The molecule has 2 amide bonds. The summed E-state index contributed by atoms with van der Waals surface area (Å²) in [6, 6.07) is 24.0. The lowest BCUT2D eigenvalue weighted by Crippen LogP contribution is -2.48. The van der Waals surface area contributed by atoms with Gasteiger partial charge in [0.25, 0.3) is 11.8 Å². The van der Waals surface area contributed by atoms with Gasteiger partial charge in [-0.2, -0.15) is 5.26 Å². The Bertz CT molecular complexity index is 1220. The number of morpholine rings is 1. The molecule has 4 rings (SSSR count). The van der Waals surface area contributed by atoms with Crippen LogP contribution in [0.4, 0.5) is 0 Å². The van der Waals surface area contributed by atoms with Crippen molar-refractivity contribution in [3.05, 3.63) is 95.1 Å². The SMILES string of the molecule is CC1CN(C(=O)c2ccc(CNC(=O)c3ccccc3-c3ccccc3C#N)cc2)CC(C)O1. The first-order valence-electron chi connectivity index (χ1n) is 11.4. The molecule has 3 aromatic carbocycles. The summed E-state index contributed by atoms with van der Waals surface area (Å²) in [5, 5.41) is 12.4. The first-order chi connectivity index (χ1) is 16.5. The van der Waals surface area contributed by atoms with Crippen LogP contribution in [0.2, 0.25) is 0 Å². The first-order valence-corrected chi connectivity index (χ1v) is 11.4. The van der Waals surface area contributed by atoms with E-state index in [9.17, 15) is 14.9 Å². The number of benzene rings is 3. The Morgan fingerprint density at radius 3 is 2.24 bits per heavy atom. The van der Waals surface area contributed by atoms with Crippen LogP contribution in [-0.4, -0.2) is 42.0 Å². The molecular formula is C28H27N3O3. The van der Waals surface area contributed by atoms with Crippen LogP contribution in [0.1, 0.15) is 45.7 Å². The minimum absolute atomic E-state index is 0.0114. The molecule has 6 heteroatoms. The highest BCUT2D eigenvalue weighted by atomic mass is 16.5. The molecule has 172 valence electrons. The van der Waals surface area contributed by atoms with Gasteiger partial charge in [0.15, 0.2) is 0 Å². The largest absolute Gasteiger partial charge is 0.372 e. The van der Waals surface area contributed by atoms with Gasteiger partial charge in [0.2, 0.25) is 0 Å². The van der Waals surface area contributed by atoms with E-state index in [-0.39, 0.29) is 24.0 Å². The standard InChI is InChI=1S/C28H27N3O3/c1-19-17-31(18-20(2)34-19)28(33)22-13-11-21(12-14-22)16-30-27(32)26-10-6-5-9-25(26)24-8-4-3-7-23(24)15-29/h3-14,19-20H,16-18H2,1-2H3,(H,30,32). The quantitative estimate of drug-likeness (QED) is 0.621. The highest BCUT2D eigenvalue weighted by Gasteiger charge is 2.26. The average Bonchev–Trinajstić information content (AvgIpc) is 2.86. The van der Waals surface area contributed by atoms with Gasteiger partial charge in [-0.25, -0.2) is 0 Å². The van der Waals surface area contributed by atoms with Crippen LogP contribution in [-0.2, 0) is 11.3 Å². The van der Waals surface area contributed by atoms with Gasteiger partial charge in [0, 0.05) is 36.3 Å². The van der Waals surface area contributed by atoms with Crippen LogP contribution in [0.3, 0.4) is 0 Å². The molecule has 2 unspecified atom stereocenters. The number of nitriles is 1. The van der Waals surface area contributed by atoms with Crippen LogP contribution >= 0.6 is 0 Å². The molecule has 2 atom stereocenters. The van der Waals surface area contributed by atoms with E-state index in [0.717, 1.165) is 11.1 Å². The van der Waals surface area contributed by atoms with E-state index in [1.165, 1.54) is 0 Å². The van der Waals surface area contributed by atoms with Crippen molar-refractivity contribution in [3.8, 4) is 17.2 Å². The predicted octanol–water partition coefficient (Wildman–Crippen LogP) is 4.40. The Balaban J connectivity index is 1.44. The van der Waals surface area contributed by atoms with Crippen LogP contribution in [0.25, 0.3) is 11.1 Å². The van der Waals surface area contributed by atoms with Gasteiger partial charge in [-0.1, -0.05) is 48.5 Å². The molecule has 6 nitrogen and oxygen atoms in total. The topological polar surface area (TPSA) is 82.4 Å². The van der Waals surface area contributed by atoms with Gasteiger partial charge in [-0.3, -0.25) is 9.59 Å². The van der Waals surface area contributed by atoms with Crippen molar-refractivity contribution in [2.75, 3.05) is 13.1 Å². The predicted molar refractivity (Wildman–Crippen MR) is 130 cm³/mol. The summed E-state index contributed by atoms with van der Waals surface area (Å²) in [5.41, 5.74) is 3.98. The molecule has 0 bridgehead atoms. The number of amides is 2. The molecule has 0 radical (unpaired) electrons. The van der Waals surface area contributed by atoms with Crippen molar-refractivity contribution in [1.82, 2.24) is 10.2 Å². The fourth-order valence-corrected chi connectivity index (χ4v) is 4.30. The third-order valence-electron chi connectivity index (χ3n) is 5.87. The van der Waals surface area contributed by atoms with Gasteiger partial charge < -0.3 is 15.0 Å². The fourth-order valence-electron chi connectivity index (χ4n) is 4.30. The van der Waals surface area contributed by atoms with Gasteiger partial charge in [-0.15, -0.1) is 0 Å². The molecule has 0 spiro atoms. The molecular weight excluding hydrogens is 426 g/mol. The lowest BCUT2D eigenvalue weighted by atomic mass is 9.95. The van der Waals surface area contributed by atoms with E-state index in [1.807, 2.05) is 55.1 Å². The second-order valence-corrected chi connectivity index (χ2v) is 8.55. The van der Waals surface area contributed by atoms with Gasteiger partial charge in [0.1, 0.15) is 0 Å². The second-order valence-electron chi connectivity index (χ2n) is 8.55.